The predicted molar refractivity (Wildman–Crippen MR) is 90.2 cm³/mol. The molecule has 0 radical (unpaired) electrons. The molecule has 0 spiro atoms. The number of benzene rings is 1. The van der Waals surface area contributed by atoms with Crippen LogP contribution in [0.15, 0.2) is 41.4 Å². The molecule has 0 aromatic heterocycles. The van der Waals surface area contributed by atoms with Crippen LogP contribution in [0.4, 0.5) is 0 Å². The highest BCUT2D eigenvalue weighted by atomic mass is 79.9. The maximum Gasteiger partial charge on any atom is 0.246 e. The molecular weight excluding hydrogens is 344 g/mol. The van der Waals surface area contributed by atoms with Gasteiger partial charge in [0.1, 0.15) is 6.04 Å². The average Bonchev–Trinajstić information content (AvgIpc) is 3.00. The lowest BCUT2D eigenvalue weighted by Crippen LogP contribution is -2.47. The fraction of sp³-hybridized carbons (Fsp3) is 0.412. The molecule has 1 aromatic rings. The minimum absolute atomic E-state index is 0.0233. The summed E-state index contributed by atoms with van der Waals surface area (Å²) < 4.78 is 0.998. The van der Waals surface area contributed by atoms with Crippen LogP contribution in [0.2, 0.25) is 0 Å². The Morgan fingerprint density at radius 3 is 2.91 bits per heavy atom. The zero-order valence-corrected chi connectivity index (χ0v) is 14.4. The lowest BCUT2D eigenvalue weighted by atomic mass is 10.1. The Morgan fingerprint density at radius 1 is 1.50 bits per heavy atom. The van der Waals surface area contributed by atoms with E-state index in [1.165, 1.54) is 6.08 Å². The third kappa shape index (κ3) is 3.77. The number of nitrogens with zero attached hydrogens (tertiary/aromatic N) is 2. The van der Waals surface area contributed by atoms with Crippen LogP contribution in [0.25, 0.3) is 0 Å². The van der Waals surface area contributed by atoms with Crippen LogP contribution in [-0.2, 0) is 16.1 Å². The van der Waals surface area contributed by atoms with Gasteiger partial charge in [-0.15, -0.1) is 0 Å². The van der Waals surface area contributed by atoms with Crippen molar-refractivity contribution in [3.05, 3.63) is 47.0 Å². The van der Waals surface area contributed by atoms with Crippen molar-refractivity contribution in [3.8, 4) is 0 Å². The largest absolute Gasteiger partial charge is 0.337 e. The minimum atomic E-state index is -0.349. The molecule has 22 heavy (non-hydrogen) atoms. The van der Waals surface area contributed by atoms with Gasteiger partial charge >= 0.3 is 0 Å². The number of hydrogen-bond acceptors (Lipinski definition) is 2. The summed E-state index contributed by atoms with van der Waals surface area (Å²) in [5.41, 5.74) is 1.07. The van der Waals surface area contributed by atoms with E-state index in [0.29, 0.717) is 19.6 Å². The summed E-state index contributed by atoms with van der Waals surface area (Å²) in [6, 6.07) is 7.58. The first kappa shape index (κ1) is 16.7. The quantitative estimate of drug-likeness (QED) is 0.753. The Hall–Kier alpha value is -1.62. The Bertz CT molecular complexity index is 574. The minimum Gasteiger partial charge on any atom is -0.337 e. The normalized spacial score (nSPS) is 17.4. The van der Waals surface area contributed by atoms with Crippen molar-refractivity contribution in [1.29, 1.82) is 0 Å². The highest BCUT2D eigenvalue weighted by Gasteiger charge is 2.35. The molecule has 1 aromatic carbocycles. The van der Waals surface area contributed by atoms with Crippen LogP contribution in [0.3, 0.4) is 0 Å². The SMILES string of the molecule is C=CC(=O)N1CCCC1C(=O)N(CC)Cc1cccc(Br)c1. The summed E-state index contributed by atoms with van der Waals surface area (Å²) >= 11 is 3.45. The van der Waals surface area contributed by atoms with Crippen LogP contribution in [0.5, 0.6) is 0 Å². The molecule has 2 rings (SSSR count). The number of carbonyl (C=O) groups excluding carboxylic acids is 2. The number of likely N-dealkylation sites (N-methyl/N-ethyl adjacent to an activating group) is 1. The summed E-state index contributed by atoms with van der Waals surface area (Å²) in [7, 11) is 0. The second-order valence-corrected chi connectivity index (χ2v) is 6.29. The van der Waals surface area contributed by atoms with Crippen LogP contribution in [0.1, 0.15) is 25.3 Å². The standard InChI is InChI=1S/C17H21BrN2O2/c1-3-16(21)20-10-6-9-15(20)17(22)19(4-2)12-13-7-5-8-14(18)11-13/h3,5,7-8,11,15H,1,4,6,9-10,12H2,2H3. The molecular formula is C17H21BrN2O2. The molecule has 1 fully saturated rings. The van der Waals surface area contributed by atoms with Crippen LogP contribution >= 0.6 is 15.9 Å². The van der Waals surface area contributed by atoms with Crippen molar-refractivity contribution in [2.24, 2.45) is 0 Å². The molecule has 1 atom stereocenters. The van der Waals surface area contributed by atoms with Gasteiger partial charge in [0.05, 0.1) is 0 Å². The van der Waals surface area contributed by atoms with Crippen LogP contribution in [-0.4, -0.2) is 40.7 Å². The van der Waals surface area contributed by atoms with Crippen molar-refractivity contribution < 1.29 is 9.59 Å². The molecule has 4 nitrogen and oxygen atoms in total. The van der Waals surface area contributed by atoms with Gasteiger partial charge in [0.15, 0.2) is 0 Å². The van der Waals surface area contributed by atoms with E-state index >= 15 is 0 Å². The van der Waals surface area contributed by atoms with E-state index in [0.717, 1.165) is 22.9 Å². The first-order chi connectivity index (χ1) is 10.6. The van der Waals surface area contributed by atoms with Crippen LogP contribution < -0.4 is 0 Å². The molecule has 0 saturated carbocycles. The zero-order valence-electron chi connectivity index (χ0n) is 12.8. The van der Waals surface area contributed by atoms with Gasteiger partial charge in [-0.25, -0.2) is 0 Å². The molecule has 1 unspecified atom stereocenters. The Balaban J connectivity index is 2.11. The third-order valence-electron chi connectivity index (χ3n) is 3.95. The fourth-order valence-corrected chi connectivity index (χ4v) is 3.26. The fourth-order valence-electron chi connectivity index (χ4n) is 2.82. The van der Waals surface area contributed by atoms with E-state index in [-0.39, 0.29) is 17.9 Å². The molecule has 1 saturated heterocycles. The van der Waals surface area contributed by atoms with Gasteiger partial charge in [-0.3, -0.25) is 9.59 Å². The number of amides is 2. The van der Waals surface area contributed by atoms with E-state index in [9.17, 15) is 9.59 Å². The number of halogens is 1. The molecule has 2 amide bonds. The molecule has 0 N–H and O–H groups in total. The van der Waals surface area contributed by atoms with Crippen LogP contribution in [0, 0.1) is 0 Å². The molecule has 1 heterocycles. The number of rotatable bonds is 5. The molecule has 0 bridgehead atoms. The van der Waals surface area contributed by atoms with E-state index in [1.54, 1.807) is 9.80 Å². The van der Waals surface area contributed by atoms with E-state index in [2.05, 4.69) is 22.5 Å². The van der Waals surface area contributed by atoms with E-state index in [1.807, 2.05) is 31.2 Å². The molecule has 5 heteroatoms. The van der Waals surface area contributed by atoms with Gasteiger partial charge < -0.3 is 9.80 Å². The Kier molecular flexibility index (Phi) is 5.77. The van der Waals surface area contributed by atoms with Gasteiger partial charge in [0, 0.05) is 24.1 Å². The number of hydrogen-bond donors (Lipinski definition) is 0. The van der Waals surface area contributed by atoms with Gasteiger partial charge in [0.25, 0.3) is 0 Å². The Morgan fingerprint density at radius 2 is 2.27 bits per heavy atom. The lowest BCUT2D eigenvalue weighted by Gasteiger charge is -2.29. The van der Waals surface area contributed by atoms with Crippen molar-refractivity contribution in [2.75, 3.05) is 13.1 Å². The summed E-state index contributed by atoms with van der Waals surface area (Å²) in [5.74, 6) is -0.135. The topological polar surface area (TPSA) is 40.6 Å². The Labute approximate surface area is 139 Å². The van der Waals surface area contributed by atoms with Gasteiger partial charge in [-0.1, -0.05) is 34.6 Å². The molecule has 1 aliphatic rings. The van der Waals surface area contributed by atoms with Gasteiger partial charge in [-0.05, 0) is 43.5 Å². The zero-order chi connectivity index (χ0) is 16.1. The first-order valence-electron chi connectivity index (χ1n) is 7.53. The maximum absolute atomic E-state index is 12.8. The van der Waals surface area contributed by atoms with Crippen molar-refractivity contribution in [2.45, 2.75) is 32.4 Å². The van der Waals surface area contributed by atoms with E-state index < -0.39 is 0 Å². The van der Waals surface area contributed by atoms with E-state index in [4.69, 9.17) is 0 Å². The lowest BCUT2D eigenvalue weighted by molar-refractivity contribution is -0.142. The second-order valence-electron chi connectivity index (χ2n) is 5.38. The number of carbonyl (C=O) groups is 2. The van der Waals surface area contributed by atoms with Gasteiger partial charge in [-0.2, -0.15) is 0 Å². The van der Waals surface area contributed by atoms with Gasteiger partial charge in [0.2, 0.25) is 11.8 Å². The summed E-state index contributed by atoms with van der Waals surface area (Å²) in [6.45, 7) is 7.30. The predicted octanol–water partition coefficient (Wildman–Crippen LogP) is 2.97. The smallest absolute Gasteiger partial charge is 0.246 e. The summed E-state index contributed by atoms with van der Waals surface area (Å²) in [6.07, 6.45) is 2.88. The highest BCUT2D eigenvalue weighted by Crippen LogP contribution is 2.21. The van der Waals surface area contributed by atoms with Crippen molar-refractivity contribution in [3.63, 3.8) is 0 Å². The molecule has 118 valence electrons. The van der Waals surface area contributed by atoms with Crippen molar-refractivity contribution in [1.82, 2.24) is 9.80 Å². The summed E-state index contributed by atoms with van der Waals surface area (Å²) in [4.78, 5) is 28.1. The highest BCUT2D eigenvalue weighted by molar-refractivity contribution is 9.10. The average molecular weight is 365 g/mol. The summed E-state index contributed by atoms with van der Waals surface area (Å²) in [5, 5.41) is 0. The van der Waals surface area contributed by atoms with Crippen molar-refractivity contribution >= 4 is 27.7 Å². The first-order valence-corrected chi connectivity index (χ1v) is 8.32. The second kappa shape index (κ2) is 7.58. The maximum atomic E-state index is 12.8. The third-order valence-corrected chi connectivity index (χ3v) is 4.44. The molecule has 1 aliphatic heterocycles. The number of likely N-dealkylation sites (tertiary alicyclic amines) is 1. The molecule has 0 aliphatic carbocycles. The monoisotopic (exact) mass is 364 g/mol.